The molecule has 0 bridgehead atoms. The smallest absolute Gasteiger partial charge is 0.321 e. The molecule has 1 aliphatic rings. The van der Waals surface area contributed by atoms with Gasteiger partial charge in [0.2, 0.25) is 0 Å². The lowest BCUT2D eigenvalue weighted by molar-refractivity contribution is 0.135. The van der Waals surface area contributed by atoms with Crippen molar-refractivity contribution < 1.29 is 4.79 Å². The average Bonchev–Trinajstić information content (AvgIpc) is 2.50. The van der Waals surface area contributed by atoms with Gasteiger partial charge in [-0.25, -0.2) is 4.79 Å². The highest BCUT2D eigenvalue weighted by Gasteiger charge is 2.23. The maximum atomic E-state index is 12.2. The summed E-state index contributed by atoms with van der Waals surface area (Å²) in [6, 6.07) is 7.46. The van der Waals surface area contributed by atoms with Gasteiger partial charge in [0.25, 0.3) is 0 Å². The van der Waals surface area contributed by atoms with Gasteiger partial charge >= 0.3 is 6.03 Å². The highest BCUT2D eigenvalue weighted by Crippen LogP contribution is 2.20. The number of anilines is 1. The van der Waals surface area contributed by atoms with Crippen LogP contribution in [0.1, 0.15) is 12.5 Å². The number of hydrogen-bond donors (Lipinski definition) is 1. The summed E-state index contributed by atoms with van der Waals surface area (Å²) in [7, 11) is 0. The van der Waals surface area contributed by atoms with E-state index in [0.29, 0.717) is 23.8 Å². The molecule has 1 aromatic carbocycles. The maximum Gasteiger partial charge on any atom is 0.321 e. The molecule has 0 aromatic heterocycles. The molecule has 0 spiro atoms. The van der Waals surface area contributed by atoms with Gasteiger partial charge in [0.05, 0.1) is 12.1 Å². The topological polar surface area (TPSA) is 59.4 Å². The lowest BCUT2D eigenvalue weighted by atomic mass is 10.2. The van der Waals surface area contributed by atoms with Crippen LogP contribution in [0.3, 0.4) is 0 Å². The standard InChI is InChI=1S/C15H19ClN4O/c1-11-3-4-13(9-14(11)16)18-15(21)20-7-5-19(6-8-20)12(2)10-17/h3-4,9,12H,5-8H2,1-2H3,(H,18,21). The van der Waals surface area contributed by atoms with Crippen LogP contribution in [-0.4, -0.2) is 48.1 Å². The summed E-state index contributed by atoms with van der Waals surface area (Å²) in [5.74, 6) is 0. The Morgan fingerprint density at radius 3 is 2.62 bits per heavy atom. The van der Waals surface area contributed by atoms with Crippen molar-refractivity contribution >= 4 is 23.3 Å². The van der Waals surface area contributed by atoms with Crippen LogP contribution in [0.25, 0.3) is 0 Å². The molecule has 1 unspecified atom stereocenters. The summed E-state index contributed by atoms with van der Waals surface area (Å²) in [5.41, 5.74) is 1.68. The number of nitrogens with one attached hydrogen (secondary N) is 1. The second-order valence-electron chi connectivity index (χ2n) is 5.22. The van der Waals surface area contributed by atoms with Gasteiger partial charge in [-0.2, -0.15) is 5.26 Å². The first-order chi connectivity index (χ1) is 10.0. The van der Waals surface area contributed by atoms with E-state index in [2.05, 4.69) is 16.3 Å². The Bertz CT molecular complexity index is 561. The second-order valence-corrected chi connectivity index (χ2v) is 5.63. The van der Waals surface area contributed by atoms with Crippen molar-refractivity contribution in [1.29, 1.82) is 5.26 Å². The van der Waals surface area contributed by atoms with Gasteiger partial charge < -0.3 is 10.2 Å². The Morgan fingerprint density at radius 1 is 1.38 bits per heavy atom. The SMILES string of the molecule is Cc1ccc(NC(=O)N2CCN(C(C)C#N)CC2)cc1Cl. The molecule has 1 aliphatic heterocycles. The molecule has 1 N–H and O–H groups in total. The molecule has 2 rings (SSSR count). The van der Waals surface area contributed by atoms with Gasteiger partial charge in [0, 0.05) is 36.9 Å². The molecule has 1 aromatic rings. The van der Waals surface area contributed by atoms with Crippen molar-refractivity contribution in [2.24, 2.45) is 0 Å². The van der Waals surface area contributed by atoms with Crippen LogP contribution in [0, 0.1) is 18.3 Å². The van der Waals surface area contributed by atoms with Crippen molar-refractivity contribution in [1.82, 2.24) is 9.80 Å². The summed E-state index contributed by atoms with van der Waals surface area (Å²) >= 11 is 6.05. The third-order valence-corrected chi connectivity index (χ3v) is 4.17. The summed E-state index contributed by atoms with van der Waals surface area (Å²) in [6.45, 7) is 6.48. The zero-order chi connectivity index (χ0) is 15.4. The first kappa shape index (κ1) is 15.6. The second kappa shape index (κ2) is 6.79. The van der Waals surface area contributed by atoms with E-state index in [1.165, 1.54) is 0 Å². The fraction of sp³-hybridized carbons (Fsp3) is 0.467. The monoisotopic (exact) mass is 306 g/mol. The van der Waals surface area contributed by atoms with Crippen molar-refractivity contribution in [2.75, 3.05) is 31.5 Å². The van der Waals surface area contributed by atoms with Gasteiger partial charge in [0.15, 0.2) is 0 Å². The number of hydrogen-bond acceptors (Lipinski definition) is 3. The van der Waals surface area contributed by atoms with E-state index in [0.717, 1.165) is 18.7 Å². The number of nitrogens with zero attached hydrogens (tertiary/aromatic N) is 3. The van der Waals surface area contributed by atoms with Crippen molar-refractivity contribution in [3.8, 4) is 6.07 Å². The number of carbonyl (C=O) groups is 1. The zero-order valence-corrected chi connectivity index (χ0v) is 13.0. The number of halogens is 1. The van der Waals surface area contributed by atoms with E-state index < -0.39 is 0 Å². The summed E-state index contributed by atoms with van der Waals surface area (Å²) < 4.78 is 0. The predicted molar refractivity (Wildman–Crippen MR) is 83.4 cm³/mol. The van der Waals surface area contributed by atoms with E-state index in [4.69, 9.17) is 16.9 Å². The Labute approximate surface area is 130 Å². The number of rotatable bonds is 2. The number of nitriles is 1. The highest BCUT2D eigenvalue weighted by atomic mass is 35.5. The fourth-order valence-electron chi connectivity index (χ4n) is 2.27. The first-order valence-electron chi connectivity index (χ1n) is 6.97. The van der Waals surface area contributed by atoms with Crippen LogP contribution in [0.4, 0.5) is 10.5 Å². The average molecular weight is 307 g/mol. The minimum Gasteiger partial charge on any atom is -0.322 e. The van der Waals surface area contributed by atoms with E-state index in [1.807, 2.05) is 26.0 Å². The summed E-state index contributed by atoms with van der Waals surface area (Å²) in [5, 5.41) is 12.4. The molecule has 0 radical (unpaired) electrons. The van der Waals surface area contributed by atoms with E-state index >= 15 is 0 Å². The van der Waals surface area contributed by atoms with Gasteiger partial charge in [-0.05, 0) is 31.5 Å². The maximum absolute atomic E-state index is 12.2. The van der Waals surface area contributed by atoms with E-state index in [-0.39, 0.29) is 12.1 Å². The quantitative estimate of drug-likeness (QED) is 0.914. The molecular formula is C15H19ClN4O. The molecule has 112 valence electrons. The molecule has 2 amide bonds. The lowest BCUT2D eigenvalue weighted by Gasteiger charge is -2.35. The van der Waals surface area contributed by atoms with Gasteiger partial charge in [0.1, 0.15) is 0 Å². The summed E-state index contributed by atoms with van der Waals surface area (Å²) in [4.78, 5) is 16.0. The number of urea groups is 1. The van der Waals surface area contributed by atoms with Crippen molar-refractivity contribution in [2.45, 2.75) is 19.9 Å². The molecule has 0 saturated carbocycles. The molecule has 1 fully saturated rings. The Morgan fingerprint density at radius 2 is 2.05 bits per heavy atom. The summed E-state index contributed by atoms with van der Waals surface area (Å²) in [6.07, 6.45) is 0. The number of aryl methyl sites for hydroxylation is 1. The van der Waals surface area contributed by atoms with Crippen LogP contribution >= 0.6 is 11.6 Å². The number of carbonyl (C=O) groups excluding carboxylic acids is 1. The van der Waals surface area contributed by atoms with Crippen LogP contribution in [0.15, 0.2) is 18.2 Å². The third-order valence-electron chi connectivity index (χ3n) is 3.76. The molecule has 1 heterocycles. The molecule has 21 heavy (non-hydrogen) atoms. The predicted octanol–water partition coefficient (Wildman–Crippen LogP) is 2.71. The molecule has 1 atom stereocenters. The van der Waals surface area contributed by atoms with Gasteiger partial charge in [-0.15, -0.1) is 0 Å². The lowest BCUT2D eigenvalue weighted by Crippen LogP contribution is -2.52. The zero-order valence-electron chi connectivity index (χ0n) is 12.3. The minimum absolute atomic E-state index is 0.105. The van der Waals surface area contributed by atoms with Crippen molar-refractivity contribution in [3.63, 3.8) is 0 Å². The van der Waals surface area contributed by atoms with Crippen molar-refractivity contribution in [3.05, 3.63) is 28.8 Å². The molecule has 1 saturated heterocycles. The first-order valence-corrected chi connectivity index (χ1v) is 7.35. The Balaban J connectivity index is 1.90. The molecule has 5 nitrogen and oxygen atoms in total. The number of piperazine rings is 1. The molecule has 6 heteroatoms. The third kappa shape index (κ3) is 3.87. The van der Waals surface area contributed by atoms with Gasteiger partial charge in [-0.1, -0.05) is 17.7 Å². The van der Waals surface area contributed by atoms with Crippen LogP contribution in [0.2, 0.25) is 5.02 Å². The van der Waals surface area contributed by atoms with Gasteiger partial charge in [-0.3, -0.25) is 4.90 Å². The fourth-order valence-corrected chi connectivity index (χ4v) is 2.45. The van der Waals surface area contributed by atoms with Crippen LogP contribution < -0.4 is 5.32 Å². The number of benzene rings is 1. The number of amides is 2. The minimum atomic E-state index is -0.126. The van der Waals surface area contributed by atoms with E-state index in [9.17, 15) is 4.79 Å². The Hall–Kier alpha value is -1.77. The Kier molecular flexibility index (Phi) is 5.05. The van der Waals surface area contributed by atoms with Crippen LogP contribution in [-0.2, 0) is 0 Å². The largest absolute Gasteiger partial charge is 0.322 e. The highest BCUT2D eigenvalue weighted by molar-refractivity contribution is 6.31. The molecular weight excluding hydrogens is 288 g/mol. The van der Waals surface area contributed by atoms with Crippen LogP contribution in [0.5, 0.6) is 0 Å². The normalized spacial score (nSPS) is 17.1. The molecule has 0 aliphatic carbocycles. The van der Waals surface area contributed by atoms with E-state index in [1.54, 1.807) is 11.0 Å².